The molecule has 1 heterocycles. The summed E-state index contributed by atoms with van der Waals surface area (Å²) in [5.74, 6) is 6.70. The fourth-order valence-electron chi connectivity index (χ4n) is 3.61. The summed E-state index contributed by atoms with van der Waals surface area (Å²) in [5, 5.41) is 4.69. The summed E-state index contributed by atoms with van der Waals surface area (Å²) in [5.41, 5.74) is 4.07. The lowest BCUT2D eigenvalue weighted by Crippen LogP contribution is -1.92. The molecule has 0 amide bonds. The van der Waals surface area contributed by atoms with Gasteiger partial charge in [-0.15, -0.1) is 0 Å². The third-order valence-corrected chi connectivity index (χ3v) is 4.95. The van der Waals surface area contributed by atoms with Gasteiger partial charge in [0.25, 0.3) is 0 Å². The van der Waals surface area contributed by atoms with Gasteiger partial charge in [0.2, 0.25) is 0 Å². The van der Waals surface area contributed by atoms with Crippen molar-refractivity contribution in [1.82, 2.24) is 4.98 Å². The highest BCUT2D eigenvalue weighted by atomic mass is 14.7. The molecule has 0 fully saturated rings. The molecule has 0 saturated heterocycles. The van der Waals surface area contributed by atoms with Crippen LogP contribution in [-0.4, -0.2) is 4.98 Å². The monoisotopic (exact) mass is 355 g/mol. The average Bonchev–Trinajstić information content (AvgIpc) is 2.77. The predicted molar refractivity (Wildman–Crippen MR) is 117 cm³/mol. The van der Waals surface area contributed by atoms with E-state index in [-0.39, 0.29) is 0 Å². The smallest absolute Gasteiger partial charge is 0.0799 e. The van der Waals surface area contributed by atoms with Crippen LogP contribution < -0.4 is 0 Å². The van der Waals surface area contributed by atoms with Crippen LogP contribution in [0.15, 0.2) is 103 Å². The molecule has 0 bridgehead atoms. The van der Waals surface area contributed by atoms with E-state index in [4.69, 9.17) is 4.98 Å². The Morgan fingerprint density at radius 2 is 1.21 bits per heavy atom. The lowest BCUT2D eigenvalue weighted by atomic mass is 9.93. The summed E-state index contributed by atoms with van der Waals surface area (Å²) in [6.07, 6.45) is 1.88. The molecule has 0 radical (unpaired) electrons. The molecule has 0 saturated carbocycles. The first kappa shape index (κ1) is 16.3. The normalized spacial score (nSPS) is 10.6. The van der Waals surface area contributed by atoms with Crippen molar-refractivity contribution in [3.63, 3.8) is 0 Å². The summed E-state index contributed by atoms with van der Waals surface area (Å²) in [7, 11) is 0. The molecule has 0 spiro atoms. The number of hydrogen-bond acceptors (Lipinski definition) is 1. The molecule has 1 heteroatoms. The predicted octanol–water partition coefficient (Wildman–Crippen LogP) is 6.45. The second-order valence-corrected chi connectivity index (χ2v) is 6.71. The summed E-state index contributed by atoms with van der Waals surface area (Å²) in [6, 6.07) is 33.2. The number of nitrogens with zero attached hydrogens (tertiary/aromatic N) is 1. The van der Waals surface area contributed by atoms with Gasteiger partial charge in [-0.3, -0.25) is 4.98 Å². The van der Waals surface area contributed by atoms with Gasteiger partial charge in [-0.05, 0) is 40.4 Å². The molecule has 0 aliphatic heterocycles. The lowest BCUT2D eigenvalue weighted by molar-refractivity contribution is 1.36. The summed E-state index contributed by atoms with van der Waals surface area (Å²) in [4.78, 5) is 4.78. The number of rotatable bonds is 1. The SMILES string of the molecule is C(#Cc1ccc2ccccc2c1-c1nccc2ccccc12)c1ccccc1. The first-order valence-electron chi connectivity index (χ1n) is 9.33. The first-order valence-corrected chi connectivity index (χ1v) is 9.33. The van der Waals surface area contributed by atoms with Crippen LogP contribution in [-0.2, 0) is 0 Å². The number of aromatic nitrogens is 1. The largest absolute Gasteiger partial charge is 0.256 e. The molecule has 0 unspecified atom stereocenters. The van der Waals surface area contributed by atoms with Crippen molar-refractivity contribution in [1.29, 1.82) is 0 Å². The van der Waals surface area contributed by atoms with E-state index in [9.17, 15) is 0 Å². The van der Waals surface area contributed by atoms with Gasteiger partial charge in [-0.2, -0.15) is 0 Å². The maximum atomic E-state index is 4.78. The average molecular weight is 355 g/mol. The van der Waals surface area contributed by atoms with Gasteiger partial charge in [0.1, 0.15) is 0 Å². The molecule has 130 valence electrons. The molecule has 1 nitrogen and oxygen atoms in total. The van der Waals surface area contributed by atoms with Gasteiger partial charge in [0.15, 0.2) is 0 Å². The zero-order valence-electron chi connectivity index (χ0n) is 15.3. The van der Waals surface area contributed by atoms with Crippen molar-refractivity contribution < 1.29 is 0 Å². The van der Waals surface area contributed by atoms with Crippen LogP contribution in [0.2, 0.25) is 0 Å². The number of pyridine rings is 1. The topological polar surface area (TPSA) is 12.9 Å². The summed E-state index contributed by atoms with van der Waals surface area (Å²) < 4.78 is 0. The second kappa shape index (κ2) is 7.02. The highest BCUT2D eigenvalue weighted by Gasteiger charge is 2.13. The number of benzene rings is 4. The zero-order chi connectivity index (χ0) is 18.8. The van der Waals surface area contributed by atoms with E-state index in [2.05, 4.69) is 78.6 Å². The molecule has 0 aliphatic carbocycles. The van der Waals surface area contributed by atoms with Crippen LogP contribution in [0.4, 0.5) is 0 Å². The van der Waals surface area contributed by atoms with Crippen molar-refractivity contribution >= 4 is 21.5 Å². The highest BCUT2D eigenvalue weighted by molar-refractivity contribution is 6.05. The molecule has 5 rings (SSSR count). The molecule has 0 atom stereocenters. The molecule has 0 aliphatic rings. The van der Waals surface area contributed by atoms with Gasteiger partial charge in [0, 0.05) is 28.3 Å². The summed E-state index contributed by atoms with van der Waals surface area (Å²) >= 11 is 0. The first-order chi connectivity index (χ1) is 13.9. The van der Waals surface area contributed by atoms with Crippen LogP contribution in [0.5, 0.6) is 0 Å². The number of fused-ring (bicyclic) bond motifs is 2. The Bertz CT molecular complexity index is 1350. The van der Waals surface area contributed by atoms with E-state index in [1.807, 2.05) is 36.5 Å². The van der Waals surface area contributed by atoms with Gasteiger partial charge in [-0.1, -0.05) is 84.6 Å². The minimum Gasteiger partial charge on any atom is -0.256 e. The van der Waals surface area contributed by atoms with Crippen LogP contribution in [0.25, 0.3) is 32.8 Å². The van der Waals surface area contributed by atoms with E-state index in [0.29, 0.717) is 0 Å². The molecular formula is C27H17N. The quantitative estimate of drug-likeness (QED) is 0.315. The van der Waals surface area contributed by atoms with E-state index in [1.165, 1.54) is 16.2 Å². The molecular weight excluding hydrogens is 338 g/mol. The van der Waals surface area contributed by atoms with E-state index < -0.39 is 0 Å². The second-order valence-electron chi connectivity index (χ2n) is 6.71. The Balaban J connectivity index is 1.82. The molecule has 0 N–H and O–H groups in total. The Kier molecular flexibility index (Phi) is 4.09. The van der Waals surface area contributed by atoms with Crippen molar-refractivity contribution in [3.05, 3.63) is 114 Å². The minimum atomic E-state index is 0.979. The molecule has 1 aromatic heterocycles. The lowest BCUT2D eigenvalue weighted by Gasteiger charge is -2.12. The standard InChI is InChI=1S/C27H17N/c1-2-8-20(9-3-1)14-15-23-17-16-21-10-4-6-12-24(21)26(23)27-25-13-7-5-11-22(25)18-19-28-27/h1-13,16-19H. The van der Waals surface area contributed by atoms with Gasteiger partial charge in [-0.25, -0.2) is 0 Å². The zero-order valence-corrected chi connectivity index (χ0v) is 15.3. The summed E-state index contributed by atoms with van der Waals surface area (Å²) in [6.45, 7) is 0. The highest BCUT2D eigenvalue weighted by Crippen LogP contribution is 2.34. The minimum absolute atomic E-state index is 0.979. The van der Waals surface area contributed by atoms with Crippen molar-refractivity contribution in [2.24, 2.45) is 0 Å². The van der Waals surface area contributed by atoms with E-state index in [0.717, 1.165) is 27.8 Å². The van der Waals surface area contributed by atoms with Gasteiger partial charge < -0.3 is 0 Å². The Labute approximate surface area is 164 Å². The van der Waals surface area contributed by atoms with Crippen LogP contribution in [0.1, 0.15) is 11.1 Å². The third kappa shape index (κ3) is 2.92. The maximum Gasteiger partial charge on any atom is 0.0799 e. The van der Waals surface area contributed by atoms with Crippen LogP contribution in [0, 0.1) is 11.8 Å². The van der Waals surface area contributed by atoms with E-state index in [1.54, 1.807) is 0 Å². The van der Waals surface area contributed by atoms with Gasteiger partial charge in [0.05, 0.1) is 5.69 Å². The van der Waals surface area contributed by atoms with E-state index >= 15 is 0 Å². The number of hydrogen-bond donors (Lipinski definition) is 0. The molecule has 5 aromatic rings. The third-order valence-electron chi connectivity index (χ3n) is 4.95. The van der Waals surface area contributed by atoms with Crippen molar-refractivity contribution in [2.75, 3.05) is 0 Å². The van der Waals surface area contributed by atoms with Crippen molar-refractivity contribution in [2.45, 2.75) is 0 Å². The van der Waals surface area contributed by atoms with Crippen molar-refractivity contribution in [3.8, 4) is 23.1 Å². The fraction of sp³-hybridized carbons (Fsp3) is 0. The van der Waals surface area contributed by atoms with Crippen LogP contribution in [0.3, 0.4) is 0 Å². The molecule has 28 heavy (non-hydrogen) atoms. The Morgan fingerprint density at radius 3 is 2.04 bits per heavy atom. The molecule has 4 aromatic carbocycles. The Morgan fingerprint density at radius 1 is 0.536 bits per heavy atom. The van der Waals surface area contributed by atoms with Gasteiger partial charge >= 0.3 is 0 Å². The fourth-order valence-corrected chi connectivity index (χ4v) is 3.61. The Hall–Kier alpha value is -3.89. The maximum absolute atomic E-state index is 4.78. The van der Waals surface area contributed by atoms with Crippen LogP contribution >= 0.6 is 0 Å².